The van der Waals surface area contributed by atoms with Crippen LogP contribution in [0.3, 0.4) is 0 Å². The van der Waals surface area contributed by atoms with Crippen LogP contribution in [0.25, 0.3) is 6.08 Å². The van der Waals surface area contributed by atoms with Crippen molar-refractivity contribution in [2.45, 2.75) is 71.3 Å². The van der Waals surface area contributed by atoms with Crippen molar-refractivity contribution in [3.63, 3.8) is 0 Å². The van der Waals surface area contributed by atoms with Gasteiger partial charge in [0, 0.05) is 5.02 Å². The lowest BCUT2D eigenvalue weighted by molar-refractivity contribution is 0.252. The SMILES string of the molecule is C#CC(C=Cc1ccccc1Cl)N(CCCCCC)CCCCCC. The second kappa shape index (κ2) is 14.0. The molecule has 1 aromatic carbocycles. The Kier molecular flexibility index (Phi) is 12.2. The summed E-state index contributed by atoms with van der Waals surface area (Å²) in [4.78, 5) is 2.46. The summed E-state index contributed by atoms with van der Waals surface area (Å²) in [6.07, 6.45) is 20.2. The fourth-order valence-electron chi connectivity index (χ4n) is 2.96. The maximum atomic E-state index is 6.25. The summed E-state index contributed by atoms with van der Waals surface area (Å²) < 4.78 is 0. The van der Waals surface area contributed by atoms with E-state index in [1.54, 1.807) is 0 Å². The van der Waals surface area contributed by atoms with Gasteiger partial charge in [-0.15, -0.1) is 6.42 Å². The van der Waals surface area contributed by atoms with Gasteiger partial charge < -0.3 is 0 Å². The van der Waals surface area contributed by atoms with Crippen molar-refractivity contribution in [3.05, 3.63) is 40.9 Å². The predicted octanol–water partition coefficient (Wildman–Crippen LogP) is 6.82. The molecule has 0 aliphatic heterocycles. The van der Waals surface area contributed by atoms with E-state index in [9.17, 15) is 0 Å². The number of rotatable bonds is 13. The van der Waals surface area contributed by atoms with E-state index in [0.29, 0.717) is 0 Å². The van der Waals surface area contributed by atoms with Gasteiger partial charge in [0.1, 0.15) is 0 Å². The Morgan fingerprint density at radius 3 is 2.12 bits per heavy atom. The highest BCUT2D eigenvalue weighted by Gasteiger charge is 2.13. The molecule has 0 spiro atoms. The molecule has 0 N–H and O–H groups in total. The number of terminal acetylenes is 1. The highest BCUT2D eigenvalue weighted by molar-refractivity contribution is 6.32. The quantitative estimate of drug-likeness (QED) is 0.276. The first-order chi connectivity index (χ1) is 12.2. The topological polar surface area (TPSA) is 3.24 Å². The lowest BCUT2D eigenvalue weighted by Gasteiger charge is -2.26. The number of benzene rings is 1. The molecule has 1 nitrogen and oxygen atoms in total. The highest BCUT2D eigenvalue weighted by atomic mass is 35.5. The zero-order valence-corrected chi connectivity index (χ0v) is 16.8. The maximum Gasteiger partial charge on any atom is 0.0901 e. The summed E-state index contributed by atoms with van der Waals surface area (Å²) in [6, 6.07) is 7.94. The molecular weight excluding hydrogens is 326 g/mol. The largest absolute Gasteiger partial charge is 0.287 e. The van der Waals surface area contributed by atoms with Crippen molar-refractivity contribution >= 4 is 17.7 Å². The third kappa shape index (κ3) is 9.15. The Morgan fingerprint density at radius 2 is 1.60 bits per heavy atom. The van der Waals surface area contributed by atoms with E-state index in [2.05, 4.69) is 36.8 Å². The smallest absolute Gasteiger partial charge is 0.0901 e. The number of halogens is 1. The van der Waals surface area contributed by atoms with Gasteiger partial charge in [0.25, 0.3) is 0 Å². The van der Waals surface area contributed by atoms with E-state index < -0.39 is 0 Å². The minimum atomic E-state index is 0.0412. The molecule has 0 amide bonds. The van der Waals surface area contributed by atoms with Crippen molar-refractivity contribution in [1.29, 1.82) is 0 Å². The standard InChI is InChI=1S/C23H34ClN/c1-4-7-9-13-19-25(20-14-10-8-5-2)22(6-3)18-17-21-15-11-12-16-23(21)24/h3,11-12,15-18,22H,4-5,7-10,13-14,19-20H2,1-2H3. The molecule has 0 aromatic heterocycles. The fraction of sp³-hybridized carbons (Fsp3) is 0.565. The van der Waals surface area contributed by atoms with E-state index >= 15 is 0 Å². The molecule has 1 aromatic rings. The minimum Gasteiger partial charge on any atom is -0.287 e. The summed E-state index contributed by atoms with van der Waals surface area (Å²) in [5.74, 6) is 2.97. The molecule has 2 heteroatoms. The van der Waals surface area contributed by atoms with Gasteiger partial charge in [-0.25, -0.2) is 0 Å². The zero-order valence-electron chi connectivity index (χ0n) is 16.0. The predicted molar refractivity (Wildman–Crippen MR) is 113 cm³/mol. The Bertz CT molecular complexity index is 517. The van der Waals surface area contributed by atoms with Crippen LogP contribution in [0.2, 0.25) is 5.02 Å². The minimum absolute atomic E-state index is 0.0412. The molecule has 0 saturated heterocycles. The van der Waals surface area contributed by atoms with E-state index in [1.165, 1.54) is 51.4 Å². The number of unbranched alkanes of at least 4 members (excludes halogenated alkanes) is 6. The van der Waals surface area contributed by atoms with Crippen LogP contribution in [-0.4, -0.2) is 24.0 Å². The molecule has 0 fully saturated rings. The third-order valence-electron chi connectivity index (χ3n) is 4.53. The molecular formula is C23H34ClN. The first kappa shape index (κ1) is 21.8. The van der Waals surface area contributed by atoms with Gasteiger partial charge in [0.15, 0.2) is 0 Å². The average Bonchev–Trinajstić information content (AvgIpc) is 2.63. The van der Waals surface area contributed by atoms with Crippen molar-refractivity contribution in [1.82, 2.24) is 4.90 Å². The van der Waals surface area contributed by atoms with E-state index in [1.807, 2.05) is 24.3 Å². The zero-order chi connectivity index (χ0) is 18.3. The Hall–Kier alpha value is -1.23. The second-order valence-corrected chi connectivity index (χ2v) is 7.06. The van der Waals surface area contributed by atoms with Crippen molar-refractivity contribution in [3.8, 4) is 12.3 Å². The van der Waals surface area contributed by atoms with Crippen LogP contribution in [0.15, 0.2) is 30.3 Å². The maximum absolute atomic E-state index is 6.25. The molecule has 0 aliphatic carbocycles. The molecule has 0 heterocycles. The van der Waals surface area contributed by atoms with Crippen LogP contribution < -0.4 is 0 Å². The van der Waals surface area contributed by atoms with Gasteiger partial charge in [0.2, 0.25) is 0 Å². The Labute approximate surface area is 160 Å². The first-order valence-electron chi connectivity index (χ1n) is 9.85. The number of hydrogen-bond acceptors (Lipinski definition) is 1. The molecule has 0 radical (unpaired) electrons. The van der Waals surface area contributed by atoms with Crippen molar-refractivity contribution in [2.75, 3.05) is 13.1 Å². The van der Waals surface area contributed by atoms with Gasteiger partial charge in [0.05, 0.1) is 6.04 Å². The number of hydrogen-bond donors (Lipinski definition) is 0. The van der Waals surface area contributed by atoms with Crippen molar-refractivity contribution < 1.29 is 0 Å². The summed E-state index contributed by atoms with van der Waals surface area (Å²) >= 11 is 6.25. The van der Waals surface area contributed by atoms with E-state index in [-0.39, 0.29) is 6.04 Å². The molecule has 138 valence electrons. The summed E-state index contributed by atoms with van der Waals surface area (Å²) in [5, 5.41) is 0.770. The summed E-state index contributed by atoms with van der Waals surface area (Å²) in [6.45, 7) is 6.65. The fourth-order valence-corrected chi connectivity index (χ4v) is 3.16. The van der Waals surface area contributed by atoms with Crippen LogP contribution in [-0.2, 0) is 0 Å². The van der Waals surface area contributed by atoms with E-state index in [0.717, 1.165) is 23.7 Å². The molecule has 25 heavy (non-hydrogen) atoms. The van der Waals surface area contributed by atoms with Crippen LogP contribution in [0.5, 0.6) is 0 Å². The first-order valence-corrected chi connectivity index (χ1v) is 10.2. The summed E-state index contributed by atoms with van der Waals surface area (Å²) in [5.41, 5.74) is 1.03. The van der Waals surface area contributed by atoms with Gasteiger partial charge >= 0.3 is 0 Å². The average molecular weight is 360 g/mol. The summed E-state index contributed by atoms with van der Waals surface area (Å²) in [7, 11) is 0. The van der Waals surface area contributed by atoms with E-state index in [4.69, 9.17) is 18.0 Å². The van der Waals surface area contributed by atoms with Gasteiger partial charge in [-0.1, -0.05) is 100 Å². The molecule has 1 atom stereocenters. The van der Waals surface area contributed by atoms with Crippen LogP contribution in [0, 0.1) is 12.3 Å². The molecule has 1 rings (SSSR count). The lowest BCUT2D eigenvalue weighted by Crippen LogP contribution is -2.34. The number of nitrogens with zero attached hydrogens (tertiary/aromatic N) is 1. The highest BCUT2D eigenvalue weighted by Crippen LogP contribution is 2.17. The van der Waals surface area contributed by atoms with Gasteiger partial charge in [-0.3, -0.25) is 4.90 Å². The van der Waals surface area contributed by atoms with Crippen LogP contribution >= 0.6 is 11.6 Å². The lowest BCUT2D eigenvalue weighted by atomic mass is 10.1. The second-order valence-electron chi connectivity index (χ2n) is 6.65. The third-order valence-corrected chi connectivity index (χ3v) is 4.87. The normalized spacial score (nSPS) is 12.6. The molecule has 0 aliphatic rings. The van der Waals surface area contributed by atoms with Gasteiger partial charge in [-0.2, -0.15) is 0 Å². The molecule has 0 saturated carbocycles. The Balaban J connectivity index is 2.69. The van der Waals surface area contributed by atoms with Gasteiger partial charge in [-0.05, 0) is 37.6 Å². The monoisotopic (exact) mass is 359 g/mol. The van der Waals surface area contributed by atoms with Crippen molar-refractivity contribution in [2.24, 2.45) is 0 Å². The Morgan fingerprint density at radius 1 is 1.00 bits per heavy atom. The molecule has 1 unspecified atom stereocenters. The van der Waals surface area contributed by atoms with Crippen LogP contribution in [0.1, 0.15) is 70.8 Å². The molecule has 0 bridgehead atoms. The van der Waals surface area contributed by atoms with Crippen LogP contribution in [0.4, 0.5) is 0 Å².